The number of aldehydes is 1. The lowest BCUT2D eigenvalue weighted by atomic mass is 10.1. The van der Waals surface area contributed by atoms with Crippen LogP contribution in [0.5, 0.6) is 11.5 Å². The quantitative estimate of drug-likeness (QED) is 0.400. The Morgan fingerprint density at radius 2 is 1.20 bits per heavy atom. The Labute approximate surface area is 163 Å². The van der Waals surface area contributed by atoms with Crippen molar-refractivity contribution in [3.8, 4) is 11.5 Å². The number of hydrogen-bond donors (Lipinski definition) is 0. The van der Waals surface area contributed by atoms with Crippen molar-refractivity contribution in [2.45, 2.75) is 25.1 Å². The van der Waals surface area contributed by atoms with Crippen LogP contribution in [0, 0.1) is 0 Å². The molecule has 0 aliphatic rings. The van der Waals surface area contributed by atoms with E-state index in [0.717, 1.165) is 18.2 Å². The van der Waals surface area contributed by atoms with Gasteiger partial charge in [-0.15, -0.1) is 0 Å². The highest BCUT2D eigenvalue weighted by atomic mass is 19.4. The molecule has 0 spiro atoms. The fourth-order valence-electron chi connectivity index (χ4n) is 2.26. The van der Waals surface area contributed by atoms with E-state index in [0.29, 0.717) is 12.1 Å². The lowest BCUT2D eigenvalue weighted by molar-refractivity contribution is -0.153. The van der Waals surface area contributed by atoms with Crippen molar-refractivity contribution in [3.05, 3.63) is 58.7 Å². The monoisotopic (exact) mass is 446 g/mol. The molecule has 3 nitrogen and oxygen atoms in total. The fraction of sp³-hybridized carbons (Fsp3) is 0.278. The Hall–Kier alpha value is -2.92. The normalized spacial score (nSPS) is 12.6. The van der Waals surface area contributed by atoms with Crippen LogP contribution in [-0.4, -0.2) is 19.1 Å². The Morgan fingerprint density at radius 1 is 0.700 bits per heavy atom. The first-order valence-corrected chi connectivity index (χ1v) is 7.88. The van der Waals surface area contributed by atoms with E-state index < -0.39 is 54.2 Å². The number of carbonyl (C=O) groups excluding carboxylic acids is 1. The average molecular weight is 446 g/mol. The predicted octanol–water partition coefficient (Wildman–Crippen LogP) is 6.06. The lowest BCUT2D eigenvalue weighted by Gasteiger charge is -2.15. The molecular formula is C18H11F9O3. The van der Waals surface area contributed by atoms with Crippen LogP contribution < -0.4 is 9.47 Å². The average Bonchev–Trinajstić information content (AvgIpc) is 2.62. The number of hydrogen-bond acceptors (Lipinski definition) is 3. The zero-order valence-electron chi connectivity index (χ0n) is 14.6. The zero-order valence-corrected chi connectivity index (χ0v) is 14.6. The minimum absolute atomic E-state index is 0.0560. The summed E-state index contributed by atoms with van der Waals surface area (Å²) in [4.78, 5) is 10.9. The third kappa shape index (κ3) is 6.85. The van der Waals surface area contributed by atoms with Gasteiger partial charge in [-0.3, -0.25) is 4.79 Å². The summed E-state index contributed by atoms with van der Waals surface area (Å²) >= 11 is 0. The van der Waals surface area contributed by atoms with Gasteiger partial charge in [0.05, 0.1) is 11.1 Å². The molecule has 164 valence electrons. The van der Waals surface area contributed by atoms with Crippen molar-refractivity contribution in [3.63, 3.8) is 0 Å². The number of alkyl halides is 9. The van der Waals surface area contributed by atoms with Crippen molar-refractivity contribution >= 4 is 6.29 Å². The minimum Gasteiger partial charge on any atom is -0.489 e. The maximum absolute atomic E-state index is 12.9. The van der Waals surface area contributed by atoms with Gasteiger partial charge in [0.2, 0.25) is 0 Å². The van der Waals surface area contributed by atoms with Gasteiger partial charge in [0.25, 0.3) is 0 Å². The molecule has 0 unspecified atom stereocenters. The zero-order chi connectivity index (χ0) is 22.7. The number of rotatable bonds is 6. The molecule has 2 aromatic rings. The number of benzene rings is 2. The summed E-state index contributed by atoms with van der Waals surface area (Å²) in [6, 6.07) is 3.74. The molecule has 2 rings (SSSR count). The second-order valence-electron chi connectivity index (χ2n) is 5.96. The summed E-state index contributed by atoms with van der Waals surface area (Å²) in [5, 5.41) is 0. The highest BCUT2D eigenvalue weighted by molar-refractivity contribution is 5.76. The maximum atomic E-state index is 12.9. The van der Waals surface area contributed by atoms with Crippen LogP contribution in [-0.2, 0) is 19.0 Å². The minimum atomic E-state index is -5.05. The van der Waals surface area contributed by atoms with Crippen molar-refractivity contribution in [1.29, 1.82) is 0 Å². The topological polar surface area (TPSA) is 35.5 Å². The Bertz CT molecular complexity index is 867. The maximum Gasteiger partial charge on any atom is 0.422 e. The van der Waals surface area contributed by atoms with Gasteiger partial charge in [-0.2, -0.15) is 39.5 Å². The summed E-state index contributed by atoms with van der Waals surface area (Å²) < 4.78 is 124. The van der Waals surface area contributed by atoms with E-state index in [2.05, 4.69) is 4.74 Å². The van der Waals surface area contributed by atoms with Crippen LogP contribution >= 0.6 is 0 Å². The van der Waals surface area contributed by atoms with E-state index in [1.165, 1.54) is 0 Å². The largest absolute Gasteiger partial charge is 0.489 e. The molecule has 0 fully saturated rings. The molecule has 0 saturated heterocycles. The number of ether oxygens (including phenoxy) is 2. The van der Waals surface area contributed by atoms with Gasteiger partial charge in [-0.05, 0) is 35.9 Å². The molecule has 0 bridgehead atoms. The molecule has 0 aliphatic carbocycles. The van der Waals surface area contributed by atoms with Crippen LogP contribution in [0.1, 0.15) is 27.0 Å². The van der Waals surface area contributed by atoms with Crippen molar-refractivity contribution in [2.75, 3.05) is 6.61 Å². The molecule has 0 amide bonds. The van der Waals surface area contributed by atoms with Gasteiger partial charge in [0.15, 0.2) is 6.61 Å². The molecule has 0 saturated carbocycles. The molecule has 0 aliphatic heterocycles. The first kappa shape index (κ1) is 23.4. The van der Waals surface area contributed by atoms with E-state index in [1.54, 1.807) is 0 Å². The fourth-order valence-corrected chi connectivity index (χ4v) is 2.26. The van der Waals surface area contributed by atoms with Crippen molar-refractivity contribution in [1.82, 2.24) is 0 Å². The van der Waals surface area contributed by atoms with E-state index in [1.807, 2.05) is 0 Å². The third-order valence-corrected chi connectivity index (χ3v) is 3.49. The Balaban J connectivity index is 2.28. The molecular weight excluding hydrogens is 435 g/mol. The molecule has 0 heterocycles. The number of halogens is 9. The molecule has 0 radical (unpaired) electrons. The first-order chi connectivity index (χ1) is 13.7. The highest BCUT2D eigenvalue weighted by Crippen LogP contribution is 2.36. The van der Waals surface area contributed by atoms with Gasteiger partial charge in [-0.1, -0.05) is 0 Å². The molecule has 0 aromatic heterocycles. The molecule has 12 heteroatoms. The van der Waals surface area contributed by atoms with Crippen LogP contribution in [0.25, 0.3) is 0 Å². The Kier molecular flexibility index (Phi) is 6.57. The lowest BCUT2D eigenvalue weighted by Crippen LogP contribution is -2.19. The third-order valence-electron chi connectivity index (χ3n) is 3.49. The van der Waals surface area contributed by atoms with E-state index in [9.17, 15) is 44.3 Å². The van der Waals surface area contributed by atoms with Gasteiger partial charge in [-0.25, -0.2) is 0 Å². The van der Waals surface area contributed by atoms with Gasteiger partial charge >= 0.3 is 18.5 Å². The van der Waals surface area contributed by atoms with E-state index >= 15 is 0 Å². The second kappa shape index (κ2) is 8.44. The highest BCUT2D eigenvalue weighted by Gasteiger charge is 2.37. The molecule has 0 atom stereocenters. The molecule has 30 heavy (non-hydrogen) atoms. The van der Waals surface area contributed by atoms with Crippen molar-refractivity contribution < 1.29 is 53.8 Å². The smallest absolute Gasteiger partial charge is 0.422 e. The van der Waals surface area contributed by atoms with Gasteiger partial charge < -0.3 is 9.47 Å². The summed E-state index contributed by atoms with van der Waals surface area (Å²) in [6.45, 7) is -2.47. The predicted molar refractivity (Wildman–Crippen MR) is 84.2 cm³/mol. The molecule has 0 N–H and O–H groups in total. The Morgan fingerprint density at radius 3 is 1.63 bits per heavy atom. The summed E-state index contributed by atoms with van der Waals surface area (Å²) in [6.07, 6.45) is -14.5. The van der Waals surface area contributed by atoms with Crippen LogP contribution in [0.4, 0.5) is 39.5 Å². The standard InChI is InChI=1S/C18H11F9O3/c19-16(20,21)9-30-15-4-10(7-28)3-14(6-15)29-8-11-1-12(17(22,23)24)5-13(2-11)18(25,26)27/h1-7H,8-9H2. The first-order valence-electron chi connectivity index (χ1n) is 7.88. The van der Waals surface area contributed by atoms with E-state index in [4.69, 9.17) is 4.74 Å². The van der Waals surface area contributed by atoms with E-state index in [-0.39, 0.29) is 23.7 Å². The van der Waals surface area contributed by atoms with Gasteiger partial charge in [0.1, 0.15) is 24.4 Å². The summed E-state index contributed by atoms with van der Waals surface area (Å²) in [7, 11) is 0. The van der Waals surface area contributed by atoms with Crippen LogP contribution in [0.2, 0.25) is 0 Å². The summed E-state index contributed by atoms with van der Waals surface area (Å²) in [5.74, 6) is -0.713. The SMILES string of the molecule is O=Cc1cc(OCc2cc(C(F)(F)F)cc(C(F)(F)F)c2)cc(OCC(F)(F)F)c1. The molecule has 2 aromatic carbocycles. The van der Waals surface area contributed by atoms with Crippen molar-refractivity contribution in [2.24, 2.45) is 0 Å². The van der Waals surface area contributed by atoms with Crippen LogP contribution in [0.3, 0.4) is 0 Å². The second-order valence-corrected chi connectivity index (χ2v) is 5.96. The van der Waals surface area contributed by atoms with Crippen LogP contribution in [0.15, 0.2) is 36.4 Å². The number of carbonyl (C=O) groups is 1. The summed E-state index contributed by atoms with van der Waals surface area (Å²) in [5.41, 5.74) is -3.77. The van der Waals surface area contributed by atoms with Gasteiger partial charge in [0, 0.05) is 11.6 Å².